The lowest BCUT2D eigenvalue weighted by atomic mass is 9.79. The molecular formula is C21H27N5O2. The van der Waals surface area contributed by atoms with Gasteiger partial charge in [0, 0.05) is 18.3 Å². The van der Waals surface area contributed by atoms with Crippen LogP contribution in [0.25, 0.3) is 16.8 Å². The first kappa shape index (κ1) is 17.7. The Bertz CT molecular complexity index is 993. The highest BCUT2D eigenvalue weighted by molar-refractivity contribution is 5.79. The van der Waals surface area contributed by atoms with Gasteiger partial charge in [0.15, 0.2) is 11.3 Å². The number of carbonyl (C=O) groups is 1. The summed E-state index contributed by atoms with van der Waals surface area (Å²) in [6.45, 7) is 2.12. The maximum absolute atomic E-state index is 11.8. The van der Waals surface area contributed by atoms with E-state index in [1.54, 1.807) is 0 Å². The van der Waals surface area contributed by atoms with Crippen LogP contribution in [0.3, 0.4) is 0 Å². The summed E-state index contributed by atoms with van der Waals surface area (Å²) in [5.41, 5.74) is 5.45. The van der Waals surface area contributed by atoms with Crippen molar-refractivity contribution in [2.45, 2.75) is 50.4 Å². The minimum Gasteiger partial charge on any atom is -0.469 e. The predicted octanol–water partition coefficient (Wildman–Crippen LogP) is 3.12. The lowest BCUT2D eigenvalue weighted by Crippen LogP contribution is -2.26. The van der Waals surface area contributed by atoms with Gasteiger partial charge in [0.25, 0.3) is 0 Å². The van der Waals surface area contributed by atoms with E-state index in [9.17, 15) is 4.79 Å². The molecule has 0 aromatic carbocycles. The zero-order valence-corrected chi connectivity index (χ0v) is 16.3. The van der Waals surface area contributed by atoms with Crippen LogP contribution in [-0.2, 0) is 9.53 Å². The number of hydrogen-bond acceptors (Lipinski definition) is 5. The summed E-state index contributed by atoms with van der Waals surface area (Å²) in [7, 11) is 1.48. The van der Waals surface area contributed by atoms with Gasteiger partial charge in [-0.25, -0.2) is 9.97 Å². The van der Waals surface area contributed by atoms with E-state index in [4.69, 9.17) is 9.72 Å². The zero-order valence-electron chi connectivity index (χ0n) is 16.3. The van der Waals surface area contributed by atoms with Gasteiger partial charge in [-0.2, -0.15) is 0 Å². The minimum atomic E-state index is -0.0670. The molecule has 1 saturated carbocycles. The van der Waals surface area contributed by atoms with Crippen LogP contribution >= 0.6 is 0 Å². The van der Waals surface area contributed by atoms with Crippen molar-refractivity contribution in [3.63, 3.8) is 0 Å². The Labute approximate surface area is 163 Å². The molecule has 2 N–H and O–H groups in total. The summed E-state index contributed by atoms with van der Waals surface area (Å²) >= 11 is 0. The van der Waals surface area contributed by atoms with Gasteiger partial charge in [-0.3, -0.25) is 9.20 Å². The standard InChI is InChI=1S/C21H27N5O2/c1-28-21(27)15-4-2-13(3-5-15)16-10-23-20-19(16)26-12-17(25-18(26)11-24-20)14-6-8-22-9-7-14/h10-15,22-23H,2-9H2,1H3. The van der Waals surface area contributed by atoms with Crippen molar-refractivity contribution < 1.29 is 9.53 Å². The van der Waals surface area contributed by atoms with Crippen LogP contribution in [0.5, 0.6) is 0 Å². The van der Waals surface area contributed by atoms with E-state index in [1.807, 2.05) is 6.20 Å². The Kier molecular flexibility index (Phi) is 4.55. The fourth-order valence-electron chi connectivity index (χ4n) is 5.01. The average Bonchev–Trinajstić information content (AvgIpc) is 3.38. The quantitative estimate of drug-likeness (QED) is 0.681. The van der Waals surface area contributed by atoms with Gasteiger partial charge in [-0.1, -0.05) is 0 Å². The van der Waals surface area contributed by atoms with Gasteiger partial charge in [0.05, 0.1) is 30.4 Å². The van der Waals surface area contributed by atoms with Gasteiger partial charge in [-0.05, 0) is 63.1 Å². The van der Waals surface area contributed by atoms with E-state index in [-0.39, 0.29) is 11.9 Å². The fraction of sp³-hybridized carbons (Fsp3) is 0.571. The number of nitrogens with zero attached hydrogens (tertiary/aromatic N) is 3. The maximum Gasteiger partial charge on any atom is 0.308 e. The van der Waals surface area contributed by atoms with Gasteiger partial charge < -0.3 is 15.0 Å². The summed E-state index contributed by atoms with van der Waals surface area (Å²) in [6, 6.07) is 0. The second-order valence-corrected chi connectivity index (χ2v) is 8.19. The number of imidazole rings is 1. The molecule has 0 amide bonds. The summed E-state index contributed by atoms with van der Waals surface area (Å²) in [5.74, 6) is 0.938. The highest BCUT2D eigenvalue weighted by atomic mass is 16.5. The predicted molar refractivity (Wildman–Crippen MR) is 106 cm³/mol. The van der Waals surface area contributed by atoms with Crippen molar-refractivity contribution >= 4 is 22.8 Å². The number of ether oxygens (including phenoxy) is 1. The van der Waals surface area contributed by atoms with E-state index in [0.717, 1.165) is 68.4 Å². The first-order valence-electron chi connectivity index (χ1n) is 10.4. The molecule has 2 aliphatic rings. The van der Waals surface area contributed by atoms with Crippen LogP contribution in [-0.4, -0.2) is 45.5 Å². The molecule has 1 aliphatic carbocycles. The lowest BCUT2D eigenvalue weighted by molar-refractivity contribution is -0.146. The second kappa shape index (κ2) is 7.20. The molecule has 3 aromatic heterocycles. The third-order valence-corrected chi connectivity index (χ3v) is 6.62. The molecule has 28 heavy (non-hydrogen) atoms. The molecular weight excluding hydrogens is 354 g/mol. The van der Waals surface area contributed by atoms with Crippen molar-refractivity contribution in [2.24, 2.45) is 5.92 Å². The number of nitrogens with one attached hydrogen (secondary N) is 2. The maximum atomic E-state index is 11.8. The number of H-pyrrole nitrogens is 1. The SMILES string of the molecule is COC(=O)C1CCC(c2c[nH]c3ncc4nc(C5CCNCC5)cn4c23)CC1. The molecule has 0 spiro atoms. The Morgan fingerprint density at radius 3 is 2.68 bits per heavy atom. The van der Waals surface area contributed by atoms with E-state index in [1.165, 1.54) is 18.4 Å². The zero-order chi connectivity index (χ0) is 19.1. The van der Waals surface area contributed by atoms with E-state index in [0.29, 0.717) is 11.8 Å². The molecule has 4 heterocycles. The summed E-state index contributed by atoms with van der Waals surface area (Å²) in [5, 5.41) is 3.43. The number of rotatable bonds is 3. The topological polar surface area (TPSA) is 84.3 Å². The van der Waals surface area contributed by atoms with Crippen LogP contribution in [0.4, 0.5) is 0 Å². The molecule has 7 nitrogen and oxygen atoms in total. The number of hydrogen-bond donors (Lipinski definition) is 2. The molecule has 3 aromatic rings. The third-order valence-electron chi connectivity index (χ3n) is 6.62. The van der Waals surface area contributed by atoms with Crippen molar-refractivity contribution in [2.75, 3.05) is 20.2 Å². The minimum absolute atomic E-state index is 0.0457. The van der Waals surface area contributed by atoms with Crippen LogP contribution in [0.2, 0.25) is 0 Å². The summed E-state index contributed by atoms with van der Waals surface area (Å²) in [4.78, 5) is 24.7. The van der Waals surface area contributed by atoms with Gasteiger partial charge >= 0.3 is 5.97 Å². The summed E-state index contributed by atoms with van der Waals surface area (Å²) in [6.07, 6.45) is 12.2. The Balaban J connectivity index is 1.48. The Hall–Kier alpha value is -2.41. The number of carbonyl (C=O) groups excluding carboxylic acids is 1. The monoisotopic (exact) mass is 381 g/mol. The fourth-order valence-corrected chi connectivity index (χ4v) is 5.01. The Morgan fingerprint density at radius 1 is 1.14 bits per heavy atom. The van der Waals surface area contributed by atoms with E-state index in [2.05, 4.69) is 32.1 Å². The van der Waals surface area contributed by atoms with Crippen molar-refractivity contribution in [3.8, 4) is 0 Å². The highest BCUT2D eigenvalue weighted by Gasteiger charge is 2.30. The molecule has 1 saturated heterocycles. The number of methoxy groups -OCH3 is 1. The number of aromatic amines is 1. The average molecular weight is 381 g/mol. The molecule has 5 rings (SSSR count). The number of fused-ring (bicyclic) bond motifs is 3. The number of aromatic nitrogens is 4. The lowest BCUT2D eigenvalue weighted by Gasteiger charge is -2.26. The first-order chi connectivity index (χ1) is 13.7. The molecule has 148 valence electrons. The summed E-state index contributed by atoms with van der Waals surface area (Å²) < 4.78 is 7.15. The smallest absolute Gasteiger partial charge is 0.308 e. The number of esters is 1. The van der Waals surface area contributed by atoms with Crippen molar-refractivity contribution in [1.29, 1.82) is 0 Å². The normalized spacial score (nSPS) is 24.0. The van der Waals surface area contributed by atoms with Crippen molar-refractivity contribution in [1.82, 2.24) is 24.7 Å². The van der Waals surface area contributed by atoms with Crippen LogP contribution in [0, 0.1) is 5.92 Å². The molecule has 7 heteroatoms. The highest BCUT2D eigenvalue weighted by Crippen LogP contribution is 2.39. The molecule has 0 unspecified atom stereocenters. The Morgan fingerprint density at radius 2 is 1.93 bits per heavy atom. The second-order valence-electron chi connectivity index (χ2n) is 8.19. The molecule has 0 atom stereocenters. The van der Waals surface area contributed by atoms with Crippen molar-refractivity contribution in [3.05, 3.63) is 29.8 Å². The van der Waals surface area contributed by atoms with E-state index < -0.39 is 0 Å². The molecule has 0 radical (unpaired) electrons. The molecule has 2 fully saturated rings. The first-order valence-corrected chi connectivity index (χ1v) is 10.4. The number of piperidine rings is 1. The van der Waals surface area contributed by atoms with Gasteiger partial charge in [0.1, 0.15) is 0 Å². The van der Waals surface area contributed by atoms with Gasteiger partial charge in [-0.15, -0.1) is 0 Å². The molecule has 0 bridgehead atoms. The largest absolute Gasteiger partial charge is 0.469 e. The van der Waals surface area contributed by atoms with Crippen LogP contribution < -0.4 is 5.32 Å². The van der Waals surface area contributed by atoms with Gasteiger partial charge in [0.2, 0.25) is 0 Å². The molecule has 1 aliphatic heterocycles. The van der Waals surface area contributed by atoms with Crippen LogP contribution in [0.15, 0.2) is 18.6 Å². The van der Waals surface area contributed by atoms with E-state index >= 15 is 0 Å². The third kappa shape index (κ3) is 2.98. The van der Waals surface area contributed by atoms with Crippen LogP contribution in [0.1, 0.15) is 61.6 Å².